The van der Waals surface area contributed by atoms with Crippen LogP contribution in [-0.2, 0) is 7.05 Å². The largest absolute Gasteiger partial charge is 0.351 e. The van der Waals surface area contributed by atoms with Crippen LogP contribution in [0, 0.1) is 0 Å². The highest BCUT2D eigenvalue weighted by Gasteiger charge is 2.07. The Morgan fingerprint density at radius 1 is 1.06 bits per heavy atom. The number of aryl methyl sites for hydroxylation is 1. The molecule has 0 bridgehead atoms. The number of fused-ring (bicyclic) bond motifs is 1. The van der Waals surface area contributed by atoms with Crippen molar-refractivity contribution in [3.63, 3.8) is 0 Å². The van der Waals surface area contributed by atoms with Gasteiger partial charge in [0.2, 0.25) is 0 Å². The van der Waals surface area contributed by atoms with Gasteiger partial charge in [-0.05, 0) is 41.8 Å². The van der Waals surface area contributed by atoms with E-state index in [1.807, 2.05) is 11.3 Å². The molecule has 3 aromatic rings. The average molecular weight is 255 g/mol. The minimum atomic E-state index is 0.615. The Hall–Kier alpha value is -1.54. The van der Waals surface area contributed by atoms with E-state index in [1.165, 1.54) is 26.2 Å². The fourth-order valence-corrected chi connectivity index (χ4v) is 3.26. The van der Waals surface area contributed by atoms with Crippen molar-refractivity contribution in [1.82, 2.24) is 4.57 Å². The Morgan fingerprint density at radius 2 is 1.89 bits per heavy atom. The number of hydrogen-bond acceptors (Lipinski definition) is 1. The van der Waals surface area contributed by atoms with Crippen molar-refractivity contribution in [2.75, 3.05) is 0 Å². The molecule has 0 spiro atoms. The highest BCUT2D eigenvalue weighted by molar-refractivity contribution is 7.15. The molecule has 18 heavy (non-hydrogen) atoms. The Labute approximate surface area is 112 Å². The number of hydrogen-bond donors (Lipinski definition) is 0. The summed E-state index contributed by atoms with van der Waals surface area (Å²) in [4.78, 5) is 2.82. The van der Waals surface area contributed by atoms with E-state index in [2.05, 4.69) is 68.1 Å². The summed E-state index contributed by atoms with van der Waals surface area (Å²) in [6.45, 7) is 4.49. The molecule has 0 fully saturated rings. The molecule has 0 radical (unpaired) electrons. The zero-order valence-electron chi connectivity index (χ0n) is 11.0. The first-order valence-electron chi connectivity index (χ1n) is 6.30. The number of benzene rings is 1. The maximum atomic E-state index is 2.28. The molecule has 0 aliphatic rings. The van der Waals surface area contributed by atoms with Crippen LogP contribution in [0.3, 0.4) is 0 Å². The summed E-state index contributed by atoms with van der Waals surface area (Å²) >= 11 is 1.90. The third-order valence-corrected chi connectivity index (χ3v) is 4.80. The van der Waals surface area contributed by atoms with Crippen LogP contribution in [0.2, 0.25) is 0 Å². The minimum Gasteiger partial charge on any atom is -0.351 e. The molecule has 0 saturated heterocycles. The van der Waals surface area contributed by atoms with Gasteiger partial charge in [-0.2, -0.15) is 0 Å². The van der Waals surface area contributed by atoms with Crippen LogP contribution in [0.1, 0.15) is 24.6 Å². The Bertz CT molecular complexity index is 688. The summed E-state index contributed by atoms with van der Waals surface area (Å²) < 4.78 is 2.16. The van der Waals surface area contributed by atoms with Gasteiger partial charge in [-0.25, -0.2) is 0 Å². The first kappa shape index (κ1) is 11.5. The molecule has 1 nitrogen and oxygen atoms in total. The predicted molar refractivity (Wildman–Crippen MR) is 80.3 cm³/mol. The van der Waals surface area contributed by atoms with Gasteiger partial charge < -0.3 is 4.57 Å². The smallest absolute Gasteiger partial charge is 0.0478 e. The number of thiophene rings is 1. The van der Waals surface area contributed by atoms with Crippen molar-refractivity contribution < 1.29 is 0 Å². The Balaban J connectivity index is 2.07. The monoisotopic (exact) mass is 255 g/mol. The topological polar surface area (TPSA) is 4.93 Å². The molecule has 92 valence electrons. The first-order valence-corrected chi connectivity index (χ1v) is 7.12. The lowest BCUT2D eigenvalue weighted by atomic mass is 10.1. The van der Waals surface area contributed by atoms with E-state index in [-0.39, 0.29) is 0 Å². The van der Waals surface area contributed by atoms with Gasteiger partial charge in [0, 0.05) is 33.9 Å². The Kier molecular flexibility index (Phi) is 2.75. The maximum absolute atomic E-state index is 2.28. The van der Waals surface area contributed by atoms with Crippen molar-refractivity contribution in [3.8, 4) is 10.4 Å². The van der Waals surface area contributed by atoms with E-state index in [0.29, 0.717) is 5.92 Å². The second-order valence-electron chi connectivity index (χ2n) is 5.06. The van der Waals surface area contributed by atoms with Crippen molar-refractivity contribution >= 4 is 22.2 Å². The predicted octanol–water partition coefficient (Wildman–Crippen LogP) is 5.03. The van der Waals surface area contributed by atoms with Crippen molar-refractivity contribution in [2.24, 2.45) is 7.05 Å². The lowest BCUT2D eigenvalue weighted by Crippen LogP contribution is -1.83. The van der Waals surface area contributed by atoms with Gasteiger partial charge in [0.1, 0.15) is 0 Å². The lowest BCUT2D eigenvalue weighted by Gasteiger charge is -2.01. The summed E-state index contributed by atoms with van der Waals surface area (Å²) in [6.07, 6.45) is 2.11. The second-order valence-corrected chi connectivity index (χ2v) is 6.17. The summed E-state index contributed by atoms with van der Waals surface area (Å²) in [7, 11) is 2.09. The standard InChI is InChI=1S/C16H17NS/c1-11(2)15-6-7-16(18-15)13-4-5-14-12(10-13)8-9-17(14)3/h4-11H,1-3H3. The van der Waals surface area contributed by atoms with Crippen LogP contribution in [0.25, 0.3) is 21.3 Å². The van der Waals surface area contributed by atoms with E-state index in [0.717, 1.165) is 0 Å². The first-order chi connectivity index (χ1) is 8.65. The van der Waals surface area contributed by atoms with E-state index < -0.39 is 0 Å². The molecule has 2 heterocycles. The molecule has 0 amide bonds. The van der Waals surface area contributed by atoms with E-state index in [4.69, 9.17) is 0 Å². The fraction of sp³-hybridized carbons (Fsp3) is 0.250. The third kappa shape index (κ3) is 1.87. The third-order valence-electron chi connectivity index (χ3n) is 3.37. The molecule has 0 unspecified atom stereocenters. The molecule has 2 aromatic heterocycles. The summed E-state index contributed by atoms with van der Waals surface area (Å²) in [5, 5.41) is 1.31. The second kappa shape index (κ2) is 4.29. The van der Waals surface area contributed by atoms with E-state index >= 15 is 0 Å². The van der Waals surface area contributed by atoms with Crippen LogP contribution >= 0.6 is 11.3 Å². The highest BCUT2D eigenvalue weighted by atomic mass is 32.1. The number of aromatic nitrogens is 1. The van der Waals surface area contributed by atoms with Gasteiger partial charge in [0.05, 0.1) is 0 Å². The van der Waals surface area contributed by atoms with E-state index in [9.17, 15) is 0 Å². The van der Waals surface area contributed by atoms with Crippen molar-refractivity contribution in [2.45, 2.75) is 19.8 Å². The van der Waals surface area contributed by atoms with Crippen LogP contribution in [0.4, 0.5) is 0 Å². The van der Waals surface area contributed by atoms with Crippen LogP contribution < -0.4 is 0 Å². The SMILES string of the molecule is CC(C)c1ccc(-c2ccc3c(ccn3C)c2)s1. The normalized spacial score (nSPS) is 11.6. The molecule has 0 saturated carbocycles. The lowest BCUT2D eigenvalue weighted by molar-refractivity contribution is 0.890. The molecule has 1 aromatic carbocycles. The van der Waals surface area contributed by atoms with Crippen LogP contribution in [0.5, 0.6) is 0 Å². The molecule has 3 rings (SSSR count). The average Bonchev–Trinajstić information content (AvgIpc) is 2.96. The molecule has 0 aliphatic heterocycles. The van der Waals surface area contributed by atoms with Gasteiger partial charge in [-0.15, -0.1) is 11.3 Å². The van der Waals surface area contributed by atoms with E-state index in [1.54, 1.807) is 0 Å². The van der Waals surface area contributed by atoms with Crippen LogP contribution in [-0.4, -0.2) is 4.57 Å². The maximum Gasteiger partial charge on any atom is 0.0478 e. The molecule has 2 heteroatoms. The van der Waals surface area contributed by atoms with Gasteiger partial charge in [-0.3, -0.25) is 0 Å². The molecule has 0 atom stereocenters. The summed E-state index contributed by atoms with van der Waals surface area (Å²) in [5.41, 5.74) is 2.62. The van der Waals surface area contributed by atoms with Gasteiger partial charge in [0.25, 0.3) is 0 Å². The van der Waals surface area contributed by atoms with Gasteiger partial charge in [-0.1, -0.05) is 19.9 Å². The molecular weight excluding hydrogens is 238 g/mol. The zero-order chi connectivity index (χ0) is 12.7. The highest BCUT2D eigenvalue weighted by Crippen LogP contribution is 2.33. The Morgan fingerprint density at radius 3 is 2.61 bits per heavy atom. The van der Waals surface area contributed by atoms with Gasteiger partial charge >= 0.3 is 0 Å². The summed E-state index contributed by atoms with van der Waals surface area (Å²) in [5.74, 6) is 0.615. The van der Waals surface area contributed by atoms with Gasteiger partial charge in [0.15, 0.2) is 0 Å². The fourth-order valence-electron chi connectivity index (χ4n) is 2.25. The molecular formula is C16H17NS. The van der Waals surface area contributed by atoms with Crippen LogP contribution in [0.15, 0.2) is 42.6 Å². The van der Waals surface area contributed by atoms with Crippen molar-refractivity contribution in [3.05, 3.63) is 47.5 Å². The number of rotatable bonds is 2. The molecule has 0 aliphatic carbocycles. The quantitative estimate of drug-likeness (QED) is 0.605. The zero-order valence-corrected chi connectivity index (χ0v) is 11.8. The number of nitrogens with zero attached hydrogens (tertiary/aromatic N) is 1. The minimum absolute atomic E-state index is 0.615. The summed E-state index contributed by atoms with van der Waals surface area (Å²) in [6, 6.07) is 13.4. The van der Waals surface area contributed by atoms with Crippen molar-refractivity contribution in [1.29, 1.82) is 0 Å². The molecule has 0 N–H and O–H groups in total.